The van der Waals surface area contributed by atoms with Crippen molar-refractivity contribution in [2.45, 2.75) is 38.7 Å². The number of nitrogens with one attached hydrogen (secondary N) is 2. The van der Waals surface area contributed by atoms with E-state index in [4.69, 9.17) is 4.42 Å². The zero-order valence-corrected chi connectivity index (χ0v) is 20.3. The molecule has 0 bridgehead atoms. The summed E-state index contributed by atoms with van der Waals surface area (Å²) >= 11 is 0. The fourth-order valence-electron chi connectivity index (χ4n) is 4.80. The van der Waals surface area contributed by atoms with E-state index in [1.54, 1.807) is 26.0 Å². The molecule has 0 fully saturated rings. The average Bonchev–Trinajstić information content (AvgIpc) is 3.47. The van der Waals surface area contributed by atoms with Gasteiger partial charge in [0, 0.05) is 6.54 Å². The quantitative estimate of drug-likeness (QED) is 0.519. The maximum Gasteiger partial charge on any atom is 0.416 e. The number of hydrogen-bond donors (Lipinski definition) is 2. The summed E-state index contributed by atoms with van der Waals surface area (Å²) in [4.78, 5) is 42.6. The Labute approximate surface area is 211 Å². The zero-order chi connectivity index (χ0) is 26.9. The van der Waals surface area contributed by atoms with E-state index in [9.17, 15) is 27.6 Å². The van der Waals surface area contributed by atoms with Crippen molar-refractivity contribution in [1.29, 1.82) is 0 Å². The van der Waals surface area contributed by atoms with E-state index in [-0.39, 0.29) is 42.4 Å². The van der Waals surface area contributed by atoms with Crippen LogP contribution in [0.25, 0.3) is 0 Å². The third-order valence-electron chi connectivity index (χ3n) is 6.39. The Kier molecular flexibility index (Phi) is 7.15. The highest BCUT2D eigenvalue weighted by Crippen LogP contribution is 2.42. The van der Waals surface area contributed by atoms with Crippen molar-refractivity contribution in [2.75, 3.05) is 13.1 Å². The molecule has 4 amide bonds. The van der Waals surface area contributed by atoms with E-state index in [0.29, 0.717) is 5.76 Å². The SMILES string of the molecule is C=CCN1C(=O)N[C@H](c2ccccc2C(F)(F)F)C2=C1CN([C@@H](C(=O)NCc1ccco1)C(C)C)C2=O. The highest BCUT2D eigenvalue weighted by Gasteiger charge is 2.49. The molecule has 0 saturated heterocycles. The lowest BCUT2D eigenvalue weighted by atomic mass is 9.91. The molecule has 2 N–H and O–H groups in total. The molecule has 37 heavy (non-hydrogen) atoms. The summed E-state index contributed by atoms with van der Waals surface area (Å²) < 4.78 is 46.8. The van der Waals surface area contributed by atoms with Crippen LogP contribution in [0.1, 0.15) is 36.8 Å². The number of urea groups is 1. The average molecular weight is 517 g/mol. The smallest absolute Gasteiger partial charge is 0.416 e. The van der Waals surface area contributed by atoms with Crippen molar-refractivity contribution >= 4 is 17.8 Å². The van der Waals surface area contributed by atoms with Crippen LogP contribution in [0, 0.1) is 5.92 Å². The van der Waals surface area contributed by atoms with Crippen LogP contribution in [0.4, 0.5) is 18.0 Å². The molecule has 0 aliphatic carbocycles. The first-order valence-electron chi connectivity index (χ1n) is 11.7. The predicted octanol–water partition coefficient (Wildman–Crippen LogP) is 3.99. The molecule has 2 aromatic rings. The van der Waals surface area contributed by atoms with E-state index < -0.39 is 41.7 Å². The lowest BCUT2D eigenvalue weighted by Gasteiger charge is -2.33. The molecule has 196 valence electrons. The van der Waals surface area contributed by atoms with Crippen molar-refractivity contribution in [1.82, 2.24) is 20.4 Å². The number of halogens is 3. The fraction of sp³-hybridized carbons (Fsp3) is 0.346. The second kappa shape index (κ2) is 10.2. The third kappa shape index (κ3) is 4.98. The van der Waals surface area contributed by atoms with Gasteiger partial charge in [0.15, 0.2) is 0 Å². The maximum atomic E-state index is 13.8. The minimum atomic E-state index is -4.70. The second-order valence-corrected chi connectivity index (χ2v) is 9.15. The van der Waals surface area contributed by atoms with Gasteiger partial charge in [-0.3, -0.25) is 14.5 Å². The lowest BCUT2D eigenvalue weighted by Crippen LogP contribution is -2.51. The fourth-order valence-corrected chi connectivity index (χ4v) is 4.80. The maximum absolute atomic E-state index is 13.8. The molecule has 1 aromatic heterocycles. The van der Waals surface area contributed by atoms with Gasteiger partial charge in [-0.15, -0.1) is 6.58 Å². The Bertz CT molecular complexity index is 1240. The van der Waals surface area contributed by atoms with E-state index >= 15 is 0 Å². The summed E-state index contributed by atoms with van der Waals surface area (Å²) in [5.74, 6) is -0.865. The lowest BCUT2D eigenvalue weighted by molar-refractivity contribution is -0.139. The standard InChI is InChI=1S/C26H27F3N4O4/c1-4-11-32-19-14-33(22(15(2)3)23(34)30-13-16-8-7-12-37-16)24(35)20(19)21(31-25(32)36)17-9-5-6-10-18(17)26(27,28)29/h4-10,12,15,21-22H,1,11,13-14H2,2-3H3,(H,30,34)(H,31,36)/t21-,22-/m1/s1. The number of benzene rings is 1. The molecule has 8 nitrogen and oxygen atoms in total. The van der Waals surface area contributed by atoms with Crippen LogP contribution in [0.15, 0.2) is 71.0 Å². The predicted molar refractivity (Wildman–Crippen MR) is 128 cm³/mol. The first kappa shape index (κ1) is 26.1. The van der Waals surface area contributed by atoms with Crippen LogP contribution in [-0.4, -0.2) is 46.8 Å². The molecular formula is C26H27F3N4O4. The van der Waals surface area contributed by atoms with E-state index in [1.165, 1.54) is 40.3 Å². The Hall–Kier alpha value is -4.02. The molecular weight excluding hydrogens is 489 g/mol. The normalized spacial score (nSPS) is 18.7. The number of alkyl halides is 3. The molecule has 1 aromatic carbocycles. The summed E-state index contributed by atoms with van der Waals surface area (Å²) in [5, 5.41) is 5.32. The van der Waals surface area contributed by atoms with E-state index in [2.05, 4.69) is 17.2 Å². The molecule has 3 heterocycles. The molecule has 11 heteroatoms. The molecule has 2 aliphatic rings. The van der Waals surface area contributed by atoms with E-state index in [1.807, 2.05) is 0 Å². The summed E-state index contributed by atoms with van der Waals surface area (Å²) in [7, 11) is 0. The van der Waals surface area contributed by atoms with Crippen molar-refractivity contribution in [3.05, 3.63) is 83.5 Å². The van der Waals surface area contributed by atoms with Crippen molar-refractivity contribution in [3.8, 4) is 0 Å². The molecule has 4 rings (SSSR count). The molecule has 0 spiro atoms. The van der Waals surface area contributed by atoms with Crippen LogP contribution in [0.5, 0.6) is 0 Å². The summed E-state index contributed by atoms with van der Waals surface area (Å²) in [6.07, 6.45) is -1.77. The van der Waals surface area contributed by atoms with Gasteiger partial charge in [-0.1, -0.05) is 38.1 Å². The largest absolute Gasteiger partial charge is 0.467 e. The minimum Gasteiger partial charge on any atom is -0.467 e. The van der Waals surface area contributed by atoms with Gasteiger partial charge in [0.05, 0.1) is 42.2 Å². The van der Waals surface area contributed by atoms with Gasteiger partial charge >= 0.3 is 12.2 Å². The van der Waals surface area contributed by atoms with Gasteiger partial charge in [0.1, 0.15) is 11.8 Å². The van der Waals surface area contributed by atoms with Gasteiger partial charge in [-0.05, 0) is 29.7 Å². The summed E-state index contributed by atoms with van der Waals surface area (Å²) in [5.41, 5.74) is -0.942. The van der Waals surface area contributed by atoms with Gasteiger partial charge in [0.25, 0.3) is 5.91 Å². The third-order valence-corrected chi connectivity index (χ3v) is 6.39. The zero-order valence-electron chi connectivity index (χ0n) is 20.3. The van der Waals surface area contributed by atoms with Gasteiger partial charge in [-0.2, -0.15) is 13.2 Å². The second-order valence-electron chi connectivity index (χ2n) is 9.15. The van der Waals surface area contributed by atoms with Crippen LogP contribution in [-0.2, 0) is 22.3 Å². The Morgan fingerprint density at radius 2 is 1.97 bits per heavy atom. The molecule has 2 atom stereocenters. The Morgan fingerprint density at radius 1 is 1.24 bits per heavy atom. The number of carbonyl (C=O) groups excluding carboxylic acids is 3. The van der Waals surface area contributed by atoms with Gasteiger partial charge < -0.3 is 20.0 Å². The van der Waals surface area contributed by atoms with E-state index in [0.717, 1.165) is 6.07 Å². The number of nitrogens with zero attached hydrogens (tertiary/aromatic N) is 2. The summed E-state index contributed by atoms with van der Waals surface area (Å²) in [6.45, 7) is 7.20. The highest BCUT2D eigenvalue weighted by molar-refractivity contribution is 6.03. The Morgan fingerprint density at radius 3 is 2.59 bits per heavy atom. The van der Waals surface area contributed by atoms with Crippen molar-refractivity contribution < 1.29 is 32.0 Å². The van der Waals surface area contributed by atoms with Crippen LogP contribution < -0.4 is 10.6 Å². The van der Waals surface area contributed by atoms with Crippen LogP contribution in [0.2, 0.25) is 0 Å². The first-order chi connectivity index (χ1) is 17.5. The van der Waals surface area contributed by atoms with Crippen LogP contribution >= 0.6 is 0 Å². The van der Waals surface area contributed by atoms with Crippen molar-refractivity contribution in [2.24, 2.45) is 5.92 Å². The topological polar surface area (TPSA) is 94.9 Å². The Balaban J connectivity index is 1.72. The molecule has 0 radical (unpaired) electrons. The molecule has 0 saturated carbocycles. The monoisotopic (exact) mass is 516 g/mol. The number of hydrogen-bond acceptors (Lipinski definition) is 4. The highest BCUT2D eigenvalue weighted by atomic mass is 19.4. The molecule has 2 aliphatic heterocycles. The first-order valence-corrected chi connectivity index (χ1v) is 11.7. The number of carbonyl (C=O) groups is 3. The van der Waals surface area contributed by atoms with Gasteiger partial charge in [-0.25, -0.2) is 4.79 Å². The summed E-state index contributed by atoms with van der Waals surface area (Å²) in [6, 6.07) is 5.27. The number of furan rings is 1. The number of rotatable bonds is 8. The van der Waals surface area contributed by atoms with Crippen LogP contribution in [0.3, 0.4) is 0 Å². The van der Waals surface area contributed by atoms with Gasteiger partial charge in [0.2, 0.25) is 5.91 Å². The number of amides is 4. The van der Waals surface area contributed by atoms with Crippen molar-refractivity contribution in [3.63, 3.8) is 0 Å². The minimum absolute atomic E-state index is 0.00244. The molecule has 0 unspecified atom stereocenters.